The molecule has 162 valence electrons. The molecule has 0 aromatic heterocycles. The number of nitrogens with zero attached hydrogens (tertiary/aromatic N) is 3. The number of methoxy groups -OCH3 is 2. The molecule has 2 aliphatic rings. The molecule has 2 saturated heterocycles. The van der Waals surface area contributed by atoms with E-state index in [1.165, 1.54) is 12.8 Å². The number of β-amino-alcohol motifs (C(OH)–C–C–N with tert-alkyl or cyclic N) is 1. The van der Waals surface area contributed by atoms with E-state index in [2.05, 4.69) is 26.8 Å². The number of carbonyl (C=O) groups is 1. The normalized spacial score (nSPS) is 24.9. The Bertz CT molecular complexity index is 648. The van der Waals surface area contributed by atoms with Gasteiger partial charge < -0.3 is 24.2 Å². The highest BCUT2D eigenvalue weighted by Gasteiger charge is 2.32. The van der Waals surface area contributed by atoms with Crippen LogP contribution in [0.15, 0.2) is 24.3 Å². The van der Waals surface area contributed by atoms with Gasteiger partial charge in [0.1, 0.15) is 5.75 Å². The van der Waals surface area contributed by atoms with Crippen molar-refractivity contribution in [2.45, 2.75) is 25.2 Å². The molecular formula is C21H33N3O5. The minimum Gasteiger partial charge on any atom is -0.497 e. The van der Waals surface area contributed by atoms with Crippen molar-refractivity contribution in [3.05, 3.63) is 24.3 Å². The highest BCUT2D eigenvalue weighted by molar-refractivity contribution is 5.75. The van der Waals surface area contributed by atoms with Crippen LogP contribution in [0.2, 0.25) is 0 Å². The first-order chi connectivity index (χ1) is 14.0. The van der Waals surface area contributed by atoms with Crippen LogP contribution in [0.3, 0.4) is 0 Å². The van der Waals surface area contributed by atoms with Crippen LogP contribution in [0, 0.1) is 0 Å². The Balaban J connectivity index is 1.43. The van der Waals surface area contributed by atoms with Crippen molar-refractivity contribution in [3.8, 4) is 5.75 Å². The van der Waals surface area contributed by atoms with Gasteiger partial charge in [-0.15, -0.1) is 0 Å². The summed E-state index contributed by atoms with van der Waals surface area (Å²) in [5.41, 5.74) is 1.20. The summed E-state index contributed by atoms with van der Waals surface area (Å²) >= 11 is 0. The molecule has 0 saturated carbocycles. The standard InChI is InChI=1S/C21H33N3O5/c1-16-12-23(15-20(29-16)21(26)28-3)14-18(25)13-22-8-10-24(11-9-22)17-4-6-19(27-2)7-5-17/h4-7,16,18,20,25H,8-15H2,1-3H3/t16-,18?,20?/m1/s1. The summed E-state index contributed by atoms with van der Waals surface area (Å²) in [7, 11) is 3.04. The monoisotopic (exact) mass is 407 g/mol. The molecule has 2 unspecified atom stereocenters. The minimum atomic E-state index is -0.580. The predicted octanol–water partition coefficient (Wildman–Crippen LogP) is 0.440. The topological polar surface area (TPSA) is 74.7 Å². The predicted molar refractivity (Wildman–Crippen MR) is 110 cm³/mol. The third-order valence-electron chi connectivity index (χ3n) is 5.55. The van der Waals surface area contributed by atoms with Crippen LogP contribution in [-0.2, 0) is 14.3 Å². The summed E-state index contributed by atoms with van der Waals surface area (Å²) in [5.74, 6) is 0.507. The summed E-state index contributed by atoms with van der Waals surface area (Å²) < 4.78 is 15.7. The van der Waals surface area contributed by atoms with Gasteiger partial charge in [0.2, 0.25) is 0 Å². The molecule has 3 rings (SSSR count). The zero-order valence-corrected chi connectivity index (χ0v) is 17.6. The number of piperazine rings is 1. The third-order valence-corrected chi connectivity index (χ3v) is 5.55. The van der Waals surface area contributed by atoms with E-state index in [9.17, 15) is 9.90 Å². The van der Waals surface area contributed by atoms with Crippen LogP contribution in [-0.4, -0.2) is 106 Å². The van der Waals surface area contributed by atoms with Crippen molar-refractivity contribution >= 4 is 11.7 Å². The fraction of sp³-hybridized carbons (Fsp3) is 0.667. The summed E-state index contributed by atoms with van der Waals surface area (Å²) in [6.07, 6.45) is -1.11. The first-order valence-corrected chi connectivity index (χ1v) is 10.2. The average molecular weight is 408 g/mol. The number of benzene rings is 1. The molecule has 1 aromatic rings. The molecule has 1 N–H and O–H groups in total. The molecule has 8 heteroatoms. The molecule has 2 aliphatic heterocycles. The molecular weight excluding hydrogens is 374 g/mol. The molecule has 0 bridgehead atoms. The Morgan fingerprint density at radius 1 is 1.10 bits per heavy atom. The molecule has 0 radical (unpaired) electrons. The van der Waals surface area contributed by atoms with E-state index in [1.54, 1.807) is 7.11 Å². The van der Waals surface area contributed by atoms with E-state index in [-0.39, 0.29) is 12.1 Å². The average Bonchev–Trinajstić information content (AvgIpc) is 2.73. The van der Waals surface area contributed by atoms with Gasteiger partial charge in [-0.2, -0.15) is 0 Å². The number of esters is 1. The number of carbonyl (C=O) groups excluding carboxylic acids is 1. The number of hydrogen-bond donors (Lipinski definition) is 1. The number of rotatable bonds is 7. The molecule has 0 spiro atoms. The van der Waals surface area contributed by atoms with Crippen molar-refractivity contribution in [3.63, 3.8) is 0 Å². The number of aliphatic hydroxyl groups excluding tert-OH is 1. The highest BCUT2D eigenvalue weighted by atomic mass is 16.6. The second kappa shape index (κ2) is 10.2. The number of anilines is 1. The molecule has 2 fully saturated rings. The van der Waals surface area contributed by atoms with Gasteiger partial charge >= 0.3 is 5.97 Å². The largest absolute Gasteiger partial charge is 0.497 e. The van der Waals surface area contributed by atoms with Gasteiger partial charge in [-0.1, -0.05) is 0 Å². The van der Waals surface area contributed by atoms with Crippen LogP contribution >= 0.6 is 0 Å². The van der Waals surface area contributed by atoms with Crippen molar-refractivity contribution in [1.29, 1.82) is 0 Å². The first-order valence-electron chi connectivity index (χ1n) is 10.2. The molecule has 8 nitrogen and oxygen atoms in total. The molecule has 3 atom stereocenters. The first kappa shape index (κ1) is 21.8. The molecule has 29 heavy (non-hydrogen) atoms. The second-order valence-corrected chi connectivity index (χ2v) is 7.82. The summed E-state index contributed by atoms with van der Waals surface area (Å²) in [5, 5.41) is 10.6. The summed E-state index contributed by atoms with van der Waals surface area (Å²) in [4.78, 5) is 18.5. The highest BCUT2D eigenvalue weighted by Crippen LogP contribution is 2.20. The van der Waals surface area contributed by atoms with E-state index in [1.807, 2.05) is 19.1 Å². The Kier molecular flexibility index (Phi) is 7.71. The number of morpholine rings is 1. The zero-order valence-electron chi connectivity index (χ0n) is 17.6. The summed E-state index contributed by atoms with van der Waals surface area (Å²) in [6.45, 7) is 7.93. The van der Waals surface area contributed by atoms with E-state index in [0.29, 0.717) is 26.2 Å². The second-order valence-electron chi connectivity index (χ2n) is 7.82. The van der Waals surface area contributed by atoms with Gasteiger partial charge in [-0.3, -0.25) is 9.80 Å². The lowest BCUT2D eigenvalue weighted by Crippen LogP contribution is -2.54. The van der Waals surface area contributed by atoms with Gasteiger partial charge in [0.05, 0.1) is 26.4 Å². The number of aliphatic hydroxyl groups is 1. The van der Waals surface area contributed by atoms with Crippen LogP contribution in [0.4, 0.5) is 5.69 Å². The number of hydrogen-bond acceptors (Lipinski definition) is 8. The van der Waals surface area contributed by atoms with Crippen LogP contribution in [0.5, 0.6) is 5.75 Å². The smallest absolute Gasteiger partial charge is 0.336 e. The van der Waals surface area contributed by atoms with E-state index < -0.39 is 12.2 Å². The third kappa shape index (κ3) is 6.05. The lowest BCUT2D eigenvalue weighted by Gasteiger charge is -2.39. The van der Waals surface area contributed by atoms with Gasteiger partial charge in [0, 0.05) is 58.0 Å². The lowest BCUT2D eigenvalue weighted by atomic mass is 10.2. The molecule has 0 amide bonds. The van der Waals surface area contributed by atoms with Crippen LogP contribution in [0.1, 0.15) is 6.92 Å². The van der Waals surface area contributed by atoms with Crippen molar-refractivity contribution in [2.75, 3.05) is 71.5 Å². The van der Waals surface area contributed by atoms with Crippen molar-refractivity contribution < 1.29 is 24.1 Å². The fourth-order valence-corrected chi connectivity index (χ4v) is 4.09. The van der Waals surface area contributed by atoms with Gasteiger partial charge in [-0.05, 0) is 31.2 Å². The van der Waals surface area contributed by atoms with Crippen molar-refractivity contribution in [1.82, 2.24) is 9.80 Å². The van der Waals surface area contributed by atoms with Crippen molar-refractivity contribution in [2.24, 2.45) is 0 Å². The molecule has 0 aliphatic carbocycles. The minimum absolute atomic E-state index is 0.0620. The Hall–Kier alpha value is -1.87. The maximum atomic E-state index is 11.8. The lowest BCUT2D eigenvalue weighted by molar-refractivity contribution is -0.167. The van der Waals surface area contributed by atoms with E-state index >= 15 is 0 Å². The maximum Gasteiger partial charge on any atom is 0.336 e. The van der Waals surface area contributed by atoms with Gasteiger partial charge in [-0.25, -0.2) is 4.79 Å². The van der Waals surface area contributed by atoms with Gasteiger partial charge in [0.25, 0.3) is 0 Å². The van der Waals surface area contributed by atoms with Gasteiger partial charge in [0.15, 0.2) is 6.10 Å². The van der Waals surface area contributed by atoms with E-state index in [4.69, 9.17) is 14.2 Å². The van der Waals surface area contributed by atoms with Crippen LogP contribution in [0.25, 0.3) is 0 Å². The Morgan fingerprint density at radius 2 is 1.76 bits per heavy atom. The zero-order chi connectivity index (χ0) is 20.8. The summed E-state index contributed by atoms with van der Waals surface area (Å²) in [6, 6.07) is 8.13. The quantitative estimate of drug-likeness (QED) is 0.653. The molecule has 1 aromatic carbocycles. The Labute approximate surface area is 172 Å². The molecule has 2 heterocycles. The number of ether oxygens (including phenoxy) is 3. The maximum absolute atomic E-state index is 11.8. The SMILES string of the molecule is COC(=O)C1CN(CC(O)CN2CCN(c3ccc(OC)cc3)CC2)C[C@@H](C)O1. The fourth-order valence-electron chi connectivity index (χ4n) is 4.09. The Morgan fingerprint density at radius 3 is 2.38 bits per heavy atom. The van der Waals surface area contributed by atoms with E-state index in [0.717, 1.165) is 31.9 Å². The van der Waals surface area contributed by atoms with Crippen LogP contribution < -0.4 is 9.64 Å².